The van der Waals surface area contributed by atoms with Crippen LogP contribution in [0.15, 0.2) is 14.3 Å². The number of hydrogen-bond donors (Lipinski definition) is 0. The minimum absolute atomic E-state index is 0.00917. The summed E-state index contributed by atoms with van der Waals surface area (Å²) < 4.78 is 7.73. The molecule has 1 fully saturated rings. The minimum Gasteiger partial charge on any atom is -0.376 e. The molecule has 0 radical (unpaired) electrons. The average Bonchev–Trinajstić information content (AvgIpc) is 2.76. The van der Waals surface area contributed by atoms with E-state index in [9.17, 15) is 0 Å². The topological polar surface area (TPSA) is 9.23 Å². The summed E-state index contributed by atoms with van der Waals surface area (Å²) in [6, 6.07) is 2.06. The Balaban J connectivity index is 2.13. The van der Waals surface area contributed by atoms with Gasteiger partial charge in [0.1, 0.15) is 0 Å². The van der Waals surface area contributed by atoms with E-state index in [1.165, 1.54) is 0 Å². The smallest absolute Gasteiger partial charge is 0.0940 e. The van der Waals surface area contributed by atoms with Gasteiger partial charge in [0.25, 0.3) is 0 Å². The zero-order valence-electron chi connectivity index (χ0n) is 7.30. The standard InChI is InChI=1S/C9H9Br2ClOS/c10-5-4-7(14-9(5)11)8(12)6-2-1-3-13-6/h4,6,8H,1-3H2. The van der Waals surface area contributed by atoms with Crippen molar-refractivity contribution in [1.82, 2.24) is 0 Å². The van der Waals surface area contributed by atoms with Gasteiger partial charge in [0.05, 0.1) is 15.3 Å². The van der Waals surface area contributed by atoms with Crippen molar-refractivity contribution in [3.05, 3.63) is 19.2 Å². The number of rotatable bonds is 2. The molecule has 0 spiro atoms. The SMILES string of the molecule is ClC(c1cc(Br)c(Br)s1)C1CCCO1. The van der Waals surface area contributed by atoms with Crippen molar-refractivity contribution in [2.45, 2.75) is 24.3 Å². The van der Waals surface area contributed by atoms with Crippen LogP contribution >= 0.6 is 54.8 Å². The summed E-state index contributed by atoms with van der Waals surface area (Å²) in [6.45, 7) is 0.849. The third-order valence-electron chi connectivity index (χ3n) is 2.23. The van der Waals surface area contributed by atoms with Crippen LogP contribution in [0.4, 0.5) is 0 Å². The number of ether oxygens (including phenoxy) is 1. The third kappa shape index (κ3) is 2.35. The van der Waals surface area contributed by atoms with E-state index in [-0.39, 0.29) is 11.5 Å². The maximum atomic E-state index is 6.34. The Morgan fingerprint density at radius 3 is 2.86 bits per heavy atom. The van der Waals surface area contributed by atoms with Crippen molar-refractivity contribution >= 4 is 54.8 Å². The van der Waals surface area contributed by atoms with Gasteiger partial charge in [-0.1, -0.05) is 0 Å². The Bertz CT molecular complexity index is 303. The lowest BCUT2D eigenvalue weighted by molar-refractivity contribution is 0.108. The highest BCUT2D eigenvalue weighted by molar-refractivity contribution is 9.13. The Morgan fingerprint density at radius 2 is 2.36 bits per heavy atom. The quantitative estimate of drug-likeness (QED) is 0.693. The van der Waals surface area contributed by atoms with E-state index in [0.29, 0.717) is 0 Å². The first-order valence-corrected chi connectivity index (χ1v) is 7.23. The molecule has 1 aromatic rings. The van der Waals surface area contributed by atoms with Gasteiger partial charge in [-0.3, -0.25) is 0 Å². The molecular formula is C9H9Br2ClOS. The van der Waals surface area contributed by atoms with E-state index in [2.05, 4.69) is 37.9 Å². The molecule has 5 heteroatoms. The van der Waals surface area contributed by atoms with Gasteiger partial charge in [-0.25, -0.2) is 0 Å². The second-order valence-electron chi connectivity index (χ2n) is 3.22. The van der Waals surface area contributed by atoms with E-state index in [4.69, 9.17) is 16.3 Å². The van der Waals surface area contributed by atoms with Gasteiger partial charge in [-0.2, -0.15) is 0 Å². The van der Waals surface area contributed by atoms with Crippen LogP contribution in [-0.4, -0.2) is 12.7 Å². The van der Waals surface area contributed by atoms with Crippen LogP contribution in [0.1, 0.15) is 23.1 Å². The highest BCUT2D eigenvalue weighted by Crippen LogP contribution is 2.41. The van der Waals surface area contributed by atoms with Gasteiger partial charge in [-0.05, 0) is 50.8 Å². The molecule has 14 heavy (non-hydrogen) atoms. The van der Waals surface area contributed by atoms with Crippen LogP contribution in [0.5, 0.6) is 0 Å². The molecule has 0 amide bonds. The molecule has 0 bridgehead atoms. The lowest BCUT2D eigenvalue weighted by Gasteiger charge is -2.14. The van der Waals surface area contributed by atoms with Crippen LogP contribution < -0.4 is 0 Å². The Kier molecular flexibility index (Phi) is 3.93. The predicted octanol–water partition coefficient (Wildman–Crippen LogP) is 4.73. The lowest BCUT2D eigenvalue weighted by atomic mass is 10.1. The number of halogens is 3. The Labute approximate surface area is 109 Å². The molecule has 0 N–H and O–H groups in total. The van der Waals surface area contributed by atoms with E-state index in [1.807, 2.05) is 0 Å². The maximum Gasteiger partial charge on any atom is 0.0940 e. The highest BCUT2D eigenvalue weighted by Gasteiger charge is 2.27. The highest BCUT2D eigenvalue weighted by atomic mass is 79.9. The zero-order valence-corrected chi connectivity index (χ0v) is 12.0. The molecule has 1 aliphatic heterocycles. The first-order chi connectivity index (χ1) is 6.68. The van der Waals surface area contributed by atoms with Crippen molar-refractivity contribution in [2.75, 3.05) is 6.61 Å². The number of thiophene rings is 1. The van der Waals surface area contributed by atoms with E-state index >= 15 is 0 Å². The first kappa shape index (κ1) is 11.4. The fraction of sp³-hybridized carbons (Fsp3) is 0.556. The molecule has 2 rings (SSSR count). The van der Waals surface area contributed by atoms with E-state index < -0.39 is 0 Å². The fourth-order valence-corrected chi connectivity index (χ4v) is 4.03. The summed E-state index contributed by atoms with van der Waals surface area (Å²) >= 11 is 14.9. The summed E-state index contributed by atoms with van der Waals surface area (Å²) in [5.74, 6) is 0. The minimum atomic E-state index is -0.00917. The fourth-order valence-electron chi connectivity index (χ4n) is 1.52. The first-order valence-electron chi connectivity index (χ1n) is 4.39. The Morgan fingerprint density at radius 1 is 1.57 bits per heavy atom. The molecular weight excluding hydrogens is 351 g/mol. The van der Waals surface area contributed by atoms with Gasteiger partial charge < -0.3 is 4.74 Å². The number of hydrogen-bond acceptors (Lipinski definition) is 2. The summed E-state index contributed by atoms with van der Waals surface area (Å²) in [6.07, 6.45) is 2.39. The van der Waals surface area contributed by atoms with Crippen molar-refractivity contribution in [3.63, 3.8) is 0 Å². The van der Waals surface area contributed by atoms with Crippen LogP contribution in [-0.2, 0) is 4.74 Å². The summed E-state index contributed by atoms with van der Waals surface area (Å²) in [5.41, 5.74) is 0. The largest absolute Gasteiger partial charge is 0.376 e. The molecule has 2 atom stereocenters. The van der Waals surface area contributed by atoms with Crippen LogP contribution in [0.2, 0.25) is 0 Å². The van der Waals surface area contributed by atoms with E-state index in [0.717, 1.165) is 32.6 Å². The predicted molar refractivity (Wildman–Crippen MR) is 67.3 cm³/mol. The third-order valence-corrected chi connectivity index (χ3v) is 6.21. The van der Waals surface area contributed by atoms with E-state index in [1.54, 1.807) is 11.3 Å². The molecule has 1 saturated heterocycles. The van der Waals surface area contributed by atoms with Gasteiger partial charge in [0.15, 0.2) is 0 Å². The van der Waals surface area contributed by atoms with Crippen molar-refractivity contribution in [2.24, 2.45) is 0 Å². The van der Waals surface area contributed by atoms with Crippen molar-refractivity contribution < 1.29 is 4.74 Å². The van der Waals surface area contributed by atoms with Crippen LogP contribution in [0, 0.1) is 0 Å². The molecule has 1 aliphatic rings. The summed E-state index contributed by atoms with van der Waals surface area (Å²) in [7, 11) is 0. The molecule has 0 saturated carbocycles. The van der Waals surface area contributed by atoms with Gasteiger partial charge in [0.2, 0.25) is 0 Å². The maximum absolute atomic E-state index is 6.34. The molecule has 1 nitrogen and oxygen atoms in total. The normalized spacial score (nSPS) is 24.1. The second-order valence-corrected chi connectivity index (χ2v) is 6.95. The van der Waals surface area contributed by atoms with Crippen molar-refractivity contribution in [3.8, 4) is 0 Å². The lowest BCUT2D eigenvalue weighted by Crippen LogP contribution is -2.11. The van der Waals surface area contributed by atoms with Crippen molar-refractivity contribution in [1.29, 1.82) is 0 Å². The molecule has 78 valence electrons. The molecule has 0 aliphatic carbocycles. The molecule has 0 aromatic carbocycles. The second kappa shape index (κ2) is 4.83. The molecule has 1 aromatic heterocycles. The molecule has 2 unspecified atom stereocenters. The monoisotopic (exact) mass is 358 g/mol. The summed E-state index contributed by atoms with van der Waals surface area (Å²) in [5, 5.41) is -0.00917. The average molecular weight is 360 g/mol. The zero-order chi connectivity index (χ0) is 10.1. The molecule has 2 heterocycles. The van der Waals surface area contributed by atoms with Gasteiger partial charge >= 0.3 is 0 Å². The summed E-state index contributed by atoms with van der Waals surface area (Å²) in [4.78, 5) is 1.16. The number of alkyl halides is 1. The van der Waals surface area contributed by atoms with Gasteiger partial charge in [0, 0.05) is 16.0 Å². The van der Waals surface area contributed by atoms with Crippen LogP contribution in [0.25, 0.3) is 0 Å². The Hall–Kier alpha value is 0.910. The van der Waals surface area contributed by atoms with Crippen LogP contribution in [0.3, 0.4) is 0 Å². The van der Waals surface area contributed by atoms with Gasteiger partial charge in [-0.15, -0.1) is 22.9 Å².